The number of likely N-dealkylation sites (tertiary alicyclic amines) is 1. The van der Waals surface area contributed by atoms with Crippen molar-refractivity contribution in [3.05, 3.63) is 66.2 Å². The number of rotatable bonds is 5. The maximum Gasteiger partial charge on any atom is 0.261 e. The minimum absolute atomic E-state index is 0.000512. The van der Waals surface area contributed by atoms with Gasteiger partial charge in [-0.05, 0) is 55.5 Å². The molecule has 144 valence electrons. The molecule has 0 bridgehead atoms. The van der Waals surface area contributed by atoms with Gasteiger partial charge in [-0.3, -0.25) is 14.9 Å². The van der Waals surface area contributed by atoms with E-state index >= 15 is 0 Å². The molecule has 2 aromatic heterocycles. The van der Waals surface area contributed by atoms with E-state index in [1.165, 1.54) is 0 Å². The number of amides is 1. The second kappa shape index (κ2) is 8.25. The highest BCUT2D eigenvalue weighted by molar-refractivity contribution is 5.79. The van der Waals surface area contributed by atoms with Gasteiger partial charge in [-0.15, -0.1) is 0 Å². The summed E-state index contributed by atoms with van der Waals surface area (Å²) in [4.78, 5) is 19.1. The molecule has 1 amide bonds. The number of nitrogens with one attached hydrogen (secondary N) is 1. The number of para-hydroxylation sites is 1. The van der Waals surface area contributed by atoms with Gasteiger partial charge in [-0.1, -0.05) is 18.2 Å². The van der Waals surface area contributed by atoms with Crippen LogP contribution < -0.4 is 4.74 Å². The minimum atomic E-state index is -0.0225. The van der Waals surface area contributed by atoms with Crippen molar-refractivity contribution in [2.45, 2.75) is 32.2 Å². The van der Waals surface area contributed by atoms with Gasteiger partial charge in [0.2, 0.25) is 0 Å². The summed E-state index contributed by atoms with van der Waals surface area (Å²) in [7, 11) is 0. The third-order valence-electron chi connectivity index (χ3n) is 5.24. The fraction of sp³-hybridized carbons (Fsp3) is 0.318. The lowest BCUT2D eigenvalue weighted by Crippen LogP contribution is -2.41. The Kier molecular flexibility index (Phi) is 5.37. The van der Waals surface area contributed by atoms with Gasteiger partial charge in [0, 0.05) is 24.5 Å². The fourth-order valence-electron chi connectivity index (χ4n) is 3.82. The zero-order valence-electron chi connectivity index (χ0n) is 16.0. The summed E-state index contributed by atoms with van der Waals surface area (Å²) >= 11 is 0. The van der Waals surface area contributed by atoms with Crippen molar-refractivity contribution in [1.82, 2.24) is 20.1 Å². The molecule has 1 saturated heterocycles. The molecular weight excluding hydrogens is 352 g/mol. The first-order valence-electron chi connectivity index (χ1n) is 9.65. The van der Waals surface area contributed by atoms with Crippen LogP contribution in [-0.2, 0) is 4.79 Å². The van der Waals surface area contributed by atoms with E-state index in [-0.39, 0.29) is 18.6 Å². The number of hydrogen-bond acceptors (Lipinski definition) is 4. The Morgan fingerprint density at radius 2 is 2.04 bits per heavy atom. The number of aryl methyl sites for hydroxylation is 1. The van der Waals surface area contributed by atoms with E-state index in [1.807, 2.05) is 60.6 Å². The zero-order valence-corrected chi connectivity index (χ0v) is 16.0. The van der Waals surface area contributed by atoms with Crippen LogP contribution in [0.5, 0.6) is 5.75 Å². The predicted octanol–water partition coefficient (Wildman–Crippen LogP) is 3.91. The minimum Gasteiger partial charge on any atom is -0.484 e. The average molecular weight is 376 g/mol. The van der Waals surface area contributed by atoms with Crippen LogP contribution in [0.25, 0.3) is 11.1 Å². The van der Waals surface area contributed by atoms with E-state index in [0.29, 0.717) is 5.75 Å². The lowest BCUT2D eigenvalue weighted by molar-refractivity contribution is -0.137. The highest BCUT2D eigenvalue weighted by Crippen LogP contribution is 2.36. The Balaban J connectivity index is 1.56. The molecule has 1 aromatic carbocycles. The largest absolute Gasteiger partial charge is 0.484 e. The maximum absolute atomic E-state index is 12.9. The van der Waals surface area contributed by atoms with Crippen LogP contribution in [0.15, 0.2) is 55.0 Å². The van der Waals surface area contributed by atoms with Crippen LogP contribution in [0.4, 0.5) is 0 Å². The Morgan fingerprint density at radius 3 is 2.86 bits per heavy atom. The van der Waals surface area contributed by atoms with Crippen molar-refractivity contribution >= 4 is 5.91 Å². The fourth-order valence-corrected chi connectivity index (χ4v) is 3.82. The van der Waals surface area contributed by atoms with Gasteiger partial charge >= 0.3 is 0 Å². The smallest absolute Gasteiger partial charge is 0.261 e. The van der Waals surface area contributed by atoms with E-state index in [9.17, 15) is 4.79 Å². The standard InChI is InChI=1S/C22H24N4O2/c1-16-13-23-11-10-18(16)19-14-24-25-22(19)20-9-5-6-12-26(20)21(27)15-28-17-7-3-2-4-8-17/h2-4,7-8,10-11,13-14,20H,5-6,9,12,15H2,1H3,(H,24,25)/t20-/m0/s1. The molecular formula is C22H24N4O2. The van der Waals surface area contributed by atoms with Gasteiger partial charge in [0.05, 0.1) is 17.9 Å². The van der Waals surface area contributed by atoms with Crippen molar-refractivity contribution in [3.63, 3.8) is 0 Å². The maximum atomic E-state index is 12.9. The van der Waals surface area contributed by atoms with Crippen LogP contribution in [0, 0.1) is 6.92 Å². The van der Waals surface area contributed by atoms with Crippen LogP contribution in [0.1, 0.15) is 36.6 Å². The summed E-state index contributed by atoms with van der Waals surface area (Å²) in [6.07, 6.45) is 8.49. The highest BCUT2D eigenvalue weighted by Gasteiger charge is 2.31. The second-order valence-electron chi connectivity index (χ2n) is 7.09. The van der Waals surface area contributed by atoms with Crippen LogP contribution >= 0.6 is 0 Å². The number of carbonyl (C=O) groups is 1. The Morgan fingerprint density at radius 1 is 1.18 bits per heavy atom. The first-order valence-corrected chi connectivity index (χ1v) is 9.65. The molecule has 0 saturated carbocycles. The summed E-state index contributed by atoms with van der Waals surface area (Å²) in [5.74, 6) is 0.708. The molecule has 1 atom stereocenters. The normalized spacial score (nSPS) is 16.8. The van der Waals surface area contributed by atoms with Gasteiger partial charge in [0.1, 0.15) is 5.75 Å². The molecule has 6 heteroatoms. The first kappa shape index (κ1) is 18.2. The molecule has 1 aliphatic rings. The molecule has 0 spiro atoms. The molecule has 6 nitrogen and oxygen atoms in total. The lowest BCUT2D eigenvalue weighted by Gasteiger charge is -2.35. The molecule has 3 heterocycles. The number of pyridine rings is 1. The molecule has 28 heavy (non-hydrogen) atoms. The highest BCUT2D eigenvalue weighted by atomic mass is 16.5. The van der Waals surface area contributed by atoms with Crippen LogP contribution in [0.3, 0.4) is 0 Å². The number of aromatic nitrogens is 3. The third kappa shape index (κ3) is 3.76. The summed E-state index contributed by atoms with van der Waals surface area (Å²) in [6.45, 7) is 2.81. The Hall–Kier alpha value is -3.15. The van der Waals surface area contributed by atoms with Gasteiger partial charge < -0.3 is 9.64 Å². The first-order chi connectivity index (χ1) is 13.7. The molecule has 0 aliphatic carbocycles. The number of carbonyl (C=O) groups excluding carboxylic acids is 1. The number of benzene rings is 1. The van der Waals surface area contributed by atoms with E-state index in [2.05, 4.69) is 15.2 Å². The van der Waals surface area contributed by atoms with Gasteiger partial charge in [0.25, 0.3) is 5.91 Å². The SMILES string of the molecule is Cc1cnccc1-c1cn[nH]c1[C@@H]1CCCCN1C(=O)COc1ccccc1. The Bertz CT molecular complexity index is 938. The van der Waals surface area contributed by atoms with Gasteiger partial charge in [-0.25, -0.2) is 0 Å². The topological polar surface area (TPSA) is 71.1 Å². The number of H-pyrrole nitrogens is 1. The number of aromatic amines is 1. The van der Waals surface area contributed by atoms with E-state index in [4.69, 9.17) is 4.74 Å². The summed E-state index contributed by atoms with van der Waals surface area (Å²) in [6, 6.07) is 11.4. The van der Waals surface area contributed by atoms with Crippen molar-refractivity contribution in [1.29, 1.82) is 0 Å². The van der Waals surface area contributed by atoms with Crippen molar-refractivity contribution in [2.75, 3.05) is 13.2 Å². The molecule has 0 unspecified atom stereocenters. The van der Waals surface area contributed by atoms with Crippen LogP contribution in [-0.4, -0.2) is 39.1 Å². The van der Waals surface area contributed by atoms with E-state index in [0.717, 1.165) is 48.2 Å². The predicted molar refractivity (Wildman–Crippen MR) is 107 cm³/mol. The number of piperidine rings is 1. The van der Waals surface area contributed by atoms with Crippen molar-refractivity contribution in [2.24, 2.45) is 0 Å². The average Bonchev–Trinajstić information content (AvgIpc) is 3.22. The van der Waals surface area contributed by atoms with Crippen molar-refractivity contribution in [3.8, 4) is 16.9 Å². The molecule has 3 aromatic rings. The third-order valence-corrected chi connectivity index (χ3v) is 5.24. The lowest BCUT2D eigenvalue weighted by atomic mass is 9.93. The molecule has 1 fully saturated rings. The quantitative estimate of drug-likeness (QED) is 0.733. The van der Waals surface area contributed by atoms with Crippen LogP contribution in [0.2, 0.25) is 0 Å². The Labute approximate surface area is 164 Å². The number of hydrogen-bond donors (Lipinski definition) is 1. The molecule has 4 rings (SSSR count). The molecule has 0 radical (unpaired) electrons. The molecule has 1 aliphatic heterocycles. The molecule has 1 N–H and O–H groups in total. The summed E-state index contributed by atoms with van der Waals surface area (Å²) in [5.41, 5.74) is 4.21. The zero-order chi connectivity index (χ0) is 19.3. The second-order valence-corrected chi connectivity index (χ2v) is 7.09. The summed E-state index contributed by atoms with van der Waals surface area (Å²) in [5, 5.41) is 7.44. The van der Waals surface area contributed by atoms with Crippen molar-refractivity contribution < 1.29 is 9.53 Å². The number of nitrogens with zero attached hydrogens (tertiary/aromatic N) is 3. The van der Waals surface area contributed by atoms with Gasteiger partial charge in [0.15, 0.2) is 6.61 Å². The monoisotopic (exact) mass is 376 g/mol. The van der Waals surface area contributed by atoms with E-state index < -0.39 is 0 Å². The number of ether oxygens (including phenoxy) is 1. The van der Waals surface area contributed by atoms with Gasteiger partial charge in [-0.2, -0.15) is 5.10 Å². The summed E-state index contributed by atoms with van der Waals surface area (Å²) < 4.78 is 5.70. The van der Waals surface area contributed by atoms with E-state index in [1.54, 1.807) is 6.20 Å².